The minimum absolute atomic E-state index is 0.0547. The average Bonchev–Trinajstić information content (AvgIpc) is 2.76. The molecule has 0 aromatic heterocycles. The van der Waals surface area contributed by atoms with Crippen molar-refractivity contribution in [3.63, 3.8) is 0 Å². The zero-order valence-corrected chi connectivity index (χ0v) is 13.5. The molecule has 2 atom stereocenters. The number of hydrogen-bond acceptors (Lipinski definition) is 5. The molecule has 8 heteroatoms. The van der Waals surface area contributed by atoms with Crippen molar-refractivity contribution in [3.05, 3.63) is 29.8 Å². The second-order valence-electron chi connectivity index (χ2n) is 5.48. The highest BCUT2D eigenvalue weighted by atomic mass is 32.2. The fraction of sp³-hybridized carbons (Fsp3) is 0.538. The van der Waals surface area contributed by atoms with Gasteiger partial charge in [0.1, 0.15) is 0 Å². The fourth-order valence-electron chi connectivity index (χ4n) is 2.29. The molecule has 0 aliphatic carbocycles. The Kier molecular flexibility index (Phi) is 4.72. The topological polar surface area (TPSA) is 106 Å². The van der Waals surface area contributed by atoms with Crippen LogP contribution in [0.2, 0.25) is 0 Å². The first-order valence-corrected chi connectivity index (χ1v) is 10.1. The van der Waals surface area contributed by atoms with Gasteiger partial charge in [0.05, 0.1) is 16.4 Å². The Morgan fingerprint density at radius 2 is 1.95 bits per heavy atom. The van der Waals surface area contributed by atoms with Crippen molar-refractivity contribution >= 4 is 19.9 Å². The van der Waals surface area contributed by atoms with E-state index in [1.807, 2.05) is 6.92 Å². The number of nitrogens with two attached hydrogens (primary N) is 1. The quantitative estimate of drug-likeness (QED) is 0.813. The van der Waals surface area contributed by atoms with Gasteiger partial charge in [-0.1, -0.05) is 12.1 Å². The first-order chi connectivity index (χ1) is 9.70. The van der Waals surface area contributed by atoms with Gasteiger partial charge >= 0.3 is 0 Å². The zero-order chi connectivity index (χ0) is 15.7. The summed E-state index contributed by atoms with van der Waals surface area (Å²) in [5, 5.41) is 0. The predicted molar refractivity (Wildman–Crippen MR) is 81.0 cm³/mol. The van der Waals surface area contributed by atoms with Gasteiger partial charge in [0, 0.05) is 12.6 Å². The first kappa shape index (κ1) is 16.4. The number of benzene rings is 1. The monoisotopic (exact) mass is 332 g/mol. The molecular weight excluding hydrogens is 312 g/mol. The minimum atomic E-state index is -3.61. The molecule has 1 heterocycles. The van der Waals surface area contributed by atoms with E-state index in [2.05, 4.69) is 4.72 Å². The zero-order valence-electron chi connectivity index (χ0n) is 11.8. The van der Waals surface area contributed by atoms with Gasteiger partial charge in [-0.05, 0) is 37.0 Å². The van der Waals surface area contributed by atoms with Crippen molar-refractivity contribution in [1.29, 1.82) is 0 Å². The molecule has 1 aromatic carbocycles. The lowest BCUT2D eigenvalue weighted by Crippen LogP contribution is -2.30. The lowest BCUT2D eigenvalue weighted by molar-refractivity contribution is 0.543. The van der Waals surface area contributed by atoms with Crippen LogP contribution in [0.5, 0.6) is 0 Å². The Morgan fingerprint density at radius 3 is 2.43 bits per heavy atom. The van der Waals surface area contributed by atoms with Crippen molar-refractivity contribution < 1.29 is 16.8 Å². The summed E-state index contributed by atoms with van der Waals surface area (Å²) in [6, 6.07) is 6.22. The van der Waals surface area contributed by atoms with Crippen LogP contribution in [0.4, 0.5) is 0 Å². The highest BCUT2D eigenvalue weighted by Gasteiger charge is 2.28. The van der Waals surface area contributed by atoms with Crippen molar-refractivity contribution in [2.24, 2.45) is 11.7 Å². The molecule has 6 nitrogen and oxygen atoms in total. The van der Waals surface area contributed by atoms with Gasteiger partial charge in [-0.15, -0.1) is 0 Å². The number of nitrogens with one attached hydrogen (secondary N) is 1. The minimum Gasteiger partial charge on any atom is -0.324 e. The third kappa shape index (κ3) is 4.26. The summed E-state index contributed by atoms with van der Waals surface area (Å²) in [4.78, 5) is 0.160. The molecule has 1 fully saturated rings. The summed E-state index contributed by atoms with van der Waals surface area (Å²) in [5.41, 5.74) is 6.57. The highest BCUT2D eigenvalue weighted by molar-refractivity contribution is 7.91. The normalized spacial score (nSPS) is 23.0. The second-order valence-corrected chi connectivity index (χ2v) is 9.47. The van der Waals surface area contributed by atoms with Gasteiger partial charge < -0.3 is 5.73 Å². The summed E-state index contributed by atoms with van der Waals surface area (Å²) in [6.45, 7) is 1.97. The maximum absolute atomic E-state index is 12.1. The molecule has 1 aromatic rings. The van der Waals surface area contributed by atoms with E-state index >= 15 is 0 Å². The largest absolute Gasteiger partial charge is 0.324 e. The maximum Gasteiger partial charge on any atom is 0.240 e. The molecule has 0 bridgehead atoms. The summed E-state index contributed by atoms with van der Waals surface area (Å²) in [7, 11) is -6.60. The average molecular weight is 332 g/mol. The van der Waals surface area contributed by atoms with Crippen LogP contribution in [0, 0.1) is 5.92 Å². The van der Waals surface area contributed by atoms with Crippen molar-refractivity contribution in [3.8, 4) is 0 Å². The molecule has 0 spiro atoms. The predicted octanol–water partition coefficient (Wildman–Crippen LogP) is 0.419. The van der Waals surface area contributed by atoms with Crippen LogP contribution in [0.3, 0.4) is 0 Å². The van der Waals surface area contributed by atoms with E-state index in [9.17, 15) is 16.8 Å². The number of hydrogen-bond donors (Lipinski definition) is 2. The van der Waals surface area contributed by atoms with Crippen LogP contribution < -0.4 is 10.5 Å². The van der Waals surface area contributed by atoms with E-state index in [-0.39, 0.29) is 34.9 Å². The molecule has 1 aliphatic rings. The Labute approximate surface area is 125 Å². The van der Waals surface area contributed by atoms with E-state index in [1.165, 1.54) is 12.1 Å². The van der Waals surface area contributed by atoms with E-state index in [0.29, 0.717) is 6.42 Å². The maximum atomic E-state index is 12.1. The van der Waals surface area contributed by atoms with E-state index in [1.54, 1.807) is 12.1 Å². The third-order valence-corrected chi connectivity index (χ3v) is 6.88. The van der Waals surface area contributed by atoms with Crippen LogP contribution in [-0.4, -0.2) is 34.9 Å². The third-order valence-electron chi connectivity index (χ3n) is 3.60. The molecule has 2 rings (SSSR count). The number of rotatable bonds is 5. The summed E-state index contributed by atoms with van der Waals surface area (Å²) in [6.07, 6.45) is 0.508. The Bertz CT molecular complexity index is 694. The van der Waals surface area contributed by atoms with Gasteiger partial charge in [-0.3, -0.25) is 0 Å². The molecule has 21 heavy (non-hydrogen) atoms. The molecular formula is C13H20N2O4S2. The smallest absolute Gasteiger partial charge is 0.240 e. The summed E-state index contributed by atoms with van der Waals surface area (Å²) < 4.78 is 49.5. The van der Waals surface area contributed by atoms with Gasteiger partial charge in [0.25, 0.3) is 0 Å². The summed E-state index contributed by atoms with van der Waals surface area (Å²) >= 11 is 0. The molecule has 3 N–H and O–H groups in total. The molecule has 2 unspecified atom stereocenters. The van der Waals surface area contributed by atoms with Crippen molar-refractivity contribution in [2.45, 2.75) is 24.3 Å². The van der Waals surface area contributed by atoms with Gasteiger partial charge in [0.2, 0.25) is 10.0 Å². The Morgan fingerprint density at radius 1 is 1.33 bits per heavy atom. The SMILES string of the molecule is CC(N)c1ccc(S(=O)(=O)NCC2CCS(=O)(=O)C2)cc1. The standard InChI is InChI=1S/C13H20N2O4S2/c1-10(14)12-2-4-13(5-3-12)21(18,19)15-8-11-6-7-20(16,17)9-11/h2-5,10-11,15H,6-9,14H2,1H3. The van der Waals surface area contributed by atoms with Crippen LogP contribution in [0.15, 0.2) is 29.2 Å². The molecule has 0 amide bonds. The molecule has 1 saturated heterocycles. The summed E-state index contributed by atoms with van der Waals surface area (Å²) in [5.74, 6) is 0.0508. The van der Waals surface area contributed by atoms with Crippen molar-refractivity contribution in [2.75, 3.05) is 18.1 Å². The van der Waals surface area contributed by atoms with Gasteiger partial charge in [-0.25, -0.2) is 21.6 Å². The van der Waals surface area contributed by atoms with E-state index in [0.717, 1.165) is 5.56 Å². The van der Waals surface area contributed by atoms with Crippen LogP contribution in [-0.2, 0) is 19.9 Å². The van der Waals surface area contributed by atoms with E-state index in [4.69, 9.17) is 5.73 Å². The number of sulfone groups is 1. The highest BCUT2D eigenvalue weighted by Crippen LogP contribution is 2.19. The Balaban J connectivity index is 2.02. The second kappa shape index (κ2) is 6.04. The number of sulfonamides is 1. The van der Waals surface area contributed by atoms with Gasteiger partial charge in [-0.2, -0.15) is 0 Å². The fourth-order valence-corrected chi connectivity index (χ4v) is 5.27. The van der Waals surface area contributed by atoms with Crippen LogP contribution >= 0.6 is 0 Å². The Hall–Kier alpha value is -0.960. The molecule has 1 aliphatic heterocycles. The lowest BCUT2D eigenvalue weighted by atomic mass is 10.1. The van der Waals surface area contributed by atoms with Crippen LogP contribution in [0.1, 0.15) is 24.9 Å². The molecule has 118 valence electrons. The van der Waals surface area contributed by atoms with Gasteiger partial charge in [0.15, 0.2) is 9.84 Å². The molecule has 0 saturated carbocycles. The van der Waals surface area contributed by atoms with E-state index < -0.39 is 19.9 Å². The molecule has 0 radical (unpaired) electrons. The first-order valence-electron chi connectivity index (χ1n) is 6.75. The lowest BCUT2D eigenvalue weighted by Gasteiger charge is -2.11. The van der Waals surface area contributed by atoms with Crippen molar-refractivity contribution in [1.82, 2.24) is 4.72 Å². The van der Waals surface area contributed by atoms with Crippen LogP contribution in [0.25, 0.3) is 0 Å².